The highest BCUT2D eigenvalue weighted by atomic mass is 35.5. The van der Waals surface area contributed by atoms with Crippen molar-refractivity contribution < 1.29 is 9.84 Å². The zero-order valence-electron chi connectivity index (χ0n) is 17.7. The molecule has 0 radical (unpaired) electrons. The number of aromatic nitrogens is 1. The fourth-order valence-corrected chi connectivity index (χ4v) is 3.97. The molecule has 0 aliphatic carbocycles. The molecule has 2 heterocycles. The molecule has 0 atom stereocenters. The van der Waals surface area contributed by atoms with Crippen LogP contribution in [0.3, 0.4) is 0 Å². The third-order valence-electron chi connectivity index (χ3n) is 5.66. The topological polar surface area (TPSA) is 48.8 Å². The fourth-order valence-electron chi connectivity index (χ4n) is 3.97. The van der Waals surface area contributed by atoms with E-state index in [0.717, 1.165) is 61.1 Å². The summed E-state index contributed by atoms with van der Waals surface area (Å²) in [6.07, 6.45) is 0. The van der Waals surface area contributed by atoms with Crippen molar-refractivity contribution >= 4 is 29.0 Å². The van der Waals surface area contributed by atoms with Crippen LogP contribution in [0.1, 0.15) is 12.5 Å². The van der Waals surface area contributed by atoms with Crippen LogP contribution in [0.15, 0.2) is 48.5 Å². The van der Waals surface area contributed by atoms with E-state index in [0.29, 0.717) is 6.61 Å². The van der Waals surface area contributed by atoms with Crippen molar-refractivity contribution in [2.75, 3.05) is 50.8 Å². The normalized spacial score (nSPS) is 14.6. The summed E-state index contributed by atoms with van der Waals surface area (Å²) in [7, 11) is 0. The second kappa shape index (κ2) is 10.1. The molecule has 5 nitrogen and oxygen atoms in total. The van der Waals surface area contributed by atoms with Crippen LogP contribution < -0.4 is 9.64 Å². The summed E-state index contributed by atoms with van der Waals surface area (Å²) in [4.78, 5) is 10.0. The van der Waals surface area contributed by atoms with Crippen LogP contribution in [-0.4, -0.2) is 60.9 Å². The summed E-state index contributed by atoms with van der Waals surface area (Å²) in [5.41, 5.74) is 3.11. The number of rotatable bonds is 6. The highest BCUT2D eigenvalue weighted by molar-refractivity contribution is 5.95. The Morgan fingerprint density at radius 1 is 1.03 bits per heavy atom. The molecule has 0 unspecified atom stereocenters. The summed E-state index contributed by atoms with van der Waals surface area (Å²) in [6.45, 7) is 9.83. The minimum absolute atomic E-state index is 0. The van der Waals surface area contributed by atoms with Crippen LogP contribution in [0.5, 0.6) is 5.75 Å². The van der Waals surface area contributed by atoms with E-state index in [-0.39, 0.29) is 19.0 Å². The first kappa shape index (κ1) is 22.3. The molecule has 1 aliphatic heterocycles. The Morgan fingerprint density at radius 3 is 2.50 bits per heavy atom. The standard InChI is InChI=1S/C24H29N3O2.ClH/c1-3-26-10-12-27(13-11-26)24-21-7-5-4-6-19(21)17-22(25-24)20-8-9-23(18(2)16-20)29-15-14-28;/h4-9,16-17,28H,3,10-15H2,1-2H3;1H. The van der Waals surface area contributed by atoms with E-state index in [2.05, 4.69) is 59.2 Å². The SMILES string of the molecule is CCN1CCN(c2nc(-c3ccc(OCCO)c(C)c3)cc3ccccc23)CC1.Cl. The average molecular weight is 428 g/mol. The van der Waals surface area contributed by atoms with Crippen molar-refractivity contribution in [3.63, 3.8) is 0 Å². The molecule has 2 aromatic carbocycles. The Hall–Kier alpha value is -2.34. The van der Waals surface area contributed by atoms with Crippen LogP contribution in [0.25, 0.3) is 22.0 Å². The number of hydrogen-bond donors (Lipinski definition) is 1. The average Bonchev–Trinajstić information content (AvgIpc) is 2.77. The predicted octanol–water partition coefficient (Wildman–Crippen LogP) is 4.15. The van der Waals surface area contributed by atoms with Crippen LogP contribution >= 0.6 is 12.4 Å². The van der Waals surface area contributed by atoms with Gasteiger partial charge in [-0.05, 0) is 48.7 Å². The number of aliphatic hydroxyl groups is 1. The number of nitrogens with zero attached hydrogens (tertiary/aromatic N) is 3. The predicted molar refractivity (Wildman–Crippen MR) is 126 cm³/mol. The number of aryl methyl sites for hydroxylation is 1. The molecule has 1 aromatic heterocycles. The van der Waals surface area contributed by atoms with E-state index in [9.17, 15) is 0 Å². The van der Waals surface area contributed by atoms with Gasteiger partial charge in [-0.3, -0.25) is 0 Å². The second-order valence-electron chi connectivity index (χ2n) is 7.53. The van der Waals surface area contributed by atoms with Gasteiger partial charge < -0.3 is 19.6 Å². The van der Waals surface area contributed by atoms with Crippen LogP contribution in [0.2, 0.25) is 0 Å². The summed E-state index contributed by atoms with van der Waals surface area (Å²) >= 11 is 0. The molecule has 0 amide bonds. The third-order valence-corrected chi connectivity index (χ3v) is 5.66. The molecule has 1 N–H and O–H groups in total. The van der Waals surface area contributed by atoms with Crippen molar-refractivity contribution in [2.24, 2.45) is 0 Å². The molecule has 1 aliphatic rings. The molecule has 3 aromatic rings. The molecule has 0 spiro atoms. The Morgan fingerprint density at radius 2 is 1.80 bits per heavy atom. The quantitative estimate of drug-likeness (QED) is 0.640. The van der Waals surface area contributed by atoms with Crippen molar-refractivity contribution in [1.29, 1.82) is 0 Å². The summed E-state index contributed by atoms with van der Waals surface area (Å²) in [5.74, 6) is 1.88. The Balaban J connectivity index is 0.00000256. The van der Waals surface area contributed by atoms with E-state index in [4.69, 9.17) is 14.8 Å². The van der Waals surface area contributed by atoms with E-state index >= 15 is 0 Å². The van der Waals surface area contributed by atoms with Gasteiger partial charge in [0.25, 0.3) is 0 Å². The van der Waals surface area contributed by atoms with Crippen LogP contribution in [0.4, 0.5) is 5.82 Å². The number of hydrogen-bond acceptors (Lipinski definition) is 5. The van der Waals surface area contributed by atoms with Crippen molar-refractivity contribution in [3.8, 4) is 17.0 Å². The number of fused-ring (bicyclic) bond motifs is 1. The smallest absolute Gasteiger partial charge is 0.137 e. The highest BCUT2D eigenvalue weighted by Gasteiger charge is 2.20. The zero-order valence-corrected chi connectivity index (χ0v) is 18.5. The van der Waals surface area contributed by atoms with Gasteiger partial charge in [-0.1, -0.05) is 31.2 Å². The van der Waals surface area contributed by atoms with Gasteiger partial charge in [0.15, 0.2) is 0 Å². The number of aliphatic hydroxyl groups excluding tert-OH is 1. The van der Waals surface area contributed by atoms with E-state index in [1.165, 1.54) is 10.8 Å². The molecular formula is C24H30ClN3O2. The lowest BCUT2D eigenvalue weighted by Gasteiger charge is -2.35. The zero-order chi connectivity index (χ0) is 20.2. The van der Waals surface area contributed by atoms with Crippen molar-refractivity contribution in [2.45, 2.75) is 13.8 Å². The van der Waals surface area contributed by atoms with Gasteiger partial charge >= 0.3 is 0 Å². The van der Waals surface area contributed by atoms with Gasteiger partial charge in [0.2, 0.25) is 0 Å². The second-order valence-corrected chi connectivity index (χ2v) is 7.53. The van der Waals surface area contributed by atoms with Crippen LogP contribution in [-0.2, 0) is 0 Å². The summed E-state index contributed by atoms with van der Waals surface area (Å²) in [6, 6.07) is 16.8. The summed E-state index contributed by atoms with van der Waals surface area (Å²) in [5, 5.41) is 11.4. The minimum atomic E-state index is 0. The first-order valence-electron chi connectivity index (χ1n) is 10.4. The molecule has 1 fully saturated rings. The monoisotopic (exact) mass is 427 g/mol. The molecule has 1 saturated heterocycles. The number of pyridine rings is 1. The number of benzene rings is 2. The fraction of sp³-hybridized carbons (Fsp3) is 0.375. The third kappa shape index (κ3) is 4.69. The highest BCUT2D eigenvalue weighted by Crippen LogP contribution is 2.32. The van der Waals surface area contributed by atoms with E-state index < -0.39 is 0 Å². The van der Waals surface area contributed by atoms with Gasteiger partial charge in [0, 0.05) is 37.1 Å². The largest absolute Gasteiger partial charge is 0.491 e. The molecule has 160 valence electrons. The first-order chi connectivity index (χ1) is 14.2. The maximum absolute atomic E-state index is 9.00. The molecule has 4 rings (SSSR count). The molecule has 0 bridgehead atoms. The number of piperazine rings is 1. The van der Waals surface area contributed by atoms with E-state index in [1.807, 2.05) is 13.0 Å². The van der Waals surface area contributed by atoms with Gasteiger partial charge in [-0.15, -0.1) is 12.4 Å². The number of halogens is 1. The lowest BCUT2D eigenvalue weighted by atomic mass is 10.0. The molecular weight excluding hydrogens is 398 g/mol. The number of likely N-dealkylation sites (N-methyl/N-ethyl adjacent to an activating group) is 1. The number of ether oxygens (including phenoxy) is 1. The lowest BCUT2D eigenvalue weighted by Crippen LogP contribution is -2.46. The molecule has 6 heteroatoms. The molecule has 30 heavy (non-hydrogen) atoms. The first-order valence-corrected chi connectivity index (χ1v) is 10.4. The Kier molecular flexibility index (Phi) is 7.53. The van der Waals surface area contributed by atoms with Crippen LogP contribution in [0, 0.1) is 6.92 Å². The van der Waals surface area contributed by atoms with Gasteiger partial charge in [0.05, 0.1) is 12.3 Å². The van der Waals surface area contributed by atoms with Gasteiger partial charge in [0.1, 0.15) is 18.2 Å². The maximum Gasteiger partial charge on any atom is 0.137 e. The van der Waals surface area contributed by atoms with Gasteiger partial charge in [-0.25, -0.2) is 4.98 Å². The summed E-state index contributed by atoms with van der Waals surface area (Å²) < 4.78 is 5.60. The minimum Gasteiger partial charge on any atom is -0.491 e. The van der Waals surface area contributed by atoms with Crippen molar-refractivity contribution in [3.05, 3.63) is 54.1 Å². The Bertz CT molecular complexity index is 987. The molecule has 0 saturated carbocycles. The number of anilines is 1. The maximum atomic E-state index is 9.00. The lowest BCUT2D eigenvalue weighted by molar-refractivity contribution is 0.200. The van der Waals surface area contributed by atoms with Crippen molar-refractivity contribution in [1.82, 2.24) is 9.88 Å². The van der Waals surface area contributed by atoms with Gasteiger partial charge in [-0.2, -0.15) is 0 Å². The Labute approximate surface area is 184 Å². The van der Waals surface area contributed by atoms with E-state index in [1.54, 1.807) is 0 Å².